The topological polar surface area (TPSA) is 74.4 Å². The third-order valence-corrected chi connectivity index (χ3v) is 4.21. The number of esters is 1. The molecule has 3 aromatic rings. The van der Waals surface area contributed by atoms with E-state index in [1.54, 1.807) is 23.1 Å². The van der Waals surface area contributed by atoms with Gasteiger partial charge in [0.05, 0.1) is 12.2 Å². The Morgan fingerprint density at radius 3 is 3.00 bits per heavy atom. The standard InChI is InChI=1S/C18H14ClN3O3/c19-12-1-4-16-15(8-12)22(10-18(24)25-16)9-17(23)21-13-2-3-14-11(7-13)5-6-20-14/h1-8,20H,9-10H2,(H,21,23). The van der Waals surface area contributed by atoms with Crippen LogP contribution in [0.2, 0.25) is 5.02 Å². The largest absolute Gasteiger partial charge is 0.423 e. The van der Waals surface area contributed by atoms with E-state index >= 15 is 0 Å². The van der Waals surface area contributed by atoms with E-state index in [4.69, 9.17) is 16.3 Å². The Morgan fingerprint density at radius 1 is 1.24 bits per heavy atom. The normalized spacial score (nSPS) is 13.5. The molecule has 7 heteroatoms. The van der Waals surface area contributed by atoms with Gasteiger partial charge in [0.1, 0.15) is 6.54 Å². The van der Waals surface area contributed by atoms with Crippen LogP contribution in [0.5, 0.6) is 5.75 Å². The summed E-state index contributed by atoms with van der Waals surface area (Å²) in [6.07, 6.45) is 1.84. The lowest BCUT2D eigenvalue weighted by atomic mass is 10.2. The molecule has 126 valence electrons. The van der Waals surface area contributed by atoms with E-state index in [1.165, 1.54) is 0 Å². The highest BCUT2D eigenvalue weighted by molar-refractivity contribution is 6.31. The first-order valence-corrected chi connectivity index (χ1v) is 8.08. The number of carbonyl (C=O) groups excluding carboxylic acids is 2. The zero-order valence-corrected chi connectivity index (χ0v) is 13.8. The van der Waals surface area contributed by atoms with Crippen molar-refractivity contribution in [2.24, 2.45) is 0 Å². The number of ether oxygens (including phenoxy) is 1. The second kappa shape index (κ2) is 6.14. The van der Waals surface area contributed by atoms with Gasteiger partial charge in [-0.05, 0) is 42.5 Å². The number of fused-ring (bicyclic) bond motifs is 2. The average Bonchev–Trinajstić information content (AvgIpc) is 3.03. The number of halogens is 1. The van der Waals surface area contributed by atoms with E-state index in [0.29, 0.717) is 22.1 Å². The Labute approximate surface area is 148 Å². The molecular formula is C18H14ClN3O3. The van der Waals surface area contributed by atoms with Crippen LogP contribution in [0.1, 0.15) is 0 Å². The molecule has 6 nitrogen and oxygen atoms in total. The Balaban J connectivity index is 1.52. The van der Waals surface area contributed by atoms with Crippen LogP contribution in [0.3, 0.4) is 0 Å². The van der Waals surface area contributed by atoms with Gasteiger partial charge >= 0.3 is 5.97 Å². The predicted octanol–water partition coefficient (Wildman–Crippen LogP) is 3.19. The van der Waals surface area contributed by atoms with Crippen LogP contribution in [-0.4, -0.2) is 29.9 Å². The summed E-state index contributed by atoms with van der Waals surface area (Å²) in [5.74, 6) is -0.228. The number of nitrogens with zero attached hydrogens (tertiary/aromatic N) is 1. The van der Waals surface area contributed by atoms with Crippen LogP contribution in [-0.2, 0) is 9.59 Å². The van der Waals surface area contributed by atoms with Gasteiger partial charge in [-0.3, -0.25) is 4.79 Å². The number of nitrogens with one attached hydrogen (secondary N) is 2. The smallest absolute Gasteiger partial charge is 0.331 e. The molecule has 0 aliphatic carbocycles. The van der Waals surface area contributed by atoms with Crippen molar-refractivity contribution in [1.82, 2.24) is 4.98 Å². The van der Waals surface area contributed by atoms with Crippen molar-refractivity contribution >= 4 is 45.8 Å². The molecule has 4 rings (SSSR count). The third-order valence-electron chi connectivity index (χ3n) is 3.98. The number of anilines is 2. The molecule has 0 bridgehead atoms. The van der Waals surface area contributed by atoms with Crippen molar-refractivity contribution in [2.75, 3.05) is 23.3 Å². The quantitative estimate of drug-likeness (QED) is 0.559. The minimum absolute atomic E-state index is 0.00237. The second-order valence-electron chi connectivity index (χ2n) is 5.77. The zero-order chi connectivity index (χ0) is 17.4. The molecule has 25 heavy (non-hydrogen) atoms. The number of carbonyl (C=O) groups is 2. The number of H-pyrrole nitrogens is 1. The van der Waals surface area contributed by atoms with Gasteiger partial charge < -0.3 is 19.9 Å². The summed E-state index contributed by atoms with van der Waals surface area (Å²) in [7, 11) is 0. The number of hydrogen-bond donors (Lipinski definition) is 2. The minimum atomic E-state index is -0.406. The molecule has 1 aromatic heterocycles. The summed E-state index contributed by atoms with van der Waals surface area (Å²) >= 11 is 6.02. The van der Waals surface area contributed by atoms with Gasteiger partial charge in [-0.2, -0.15) is 0 Å². The van der Waals surface area contributed by atoms with Gasteiger partial charge in [0.2, 0.25) is 5.91 Å². The molecule has 0 saturated heterocycles. The fourth-order valence-corrected chi connectivity index (χ4v) is 3.03. The maximum absolute atomic E-state index is 12.4. The first kappa shape index (κ1) is 15.5. The highest BCUT2D eigenvalue weighted by Gasteiger charge is 2.26. The van der Waals surface area contributed by atoms with Gasteiger partial charge in [-0.15, -0.1) is 0 Å². The number of aromatic nitrogens is 1. The van der Waals surface area contributed by atoms with E-state index in [2.05, 4.69) is 10.3 Å². The van der Waals surface area contributed by atoms with Gasteiger partial charge in [-0.25, -0.2) is 4.79 Å². The summed E-state index contributed by atoms with van der Waals surface area (Å²) < 4.78 is 5.18. The summed E-state index contributed by atoms with van der Waals surface area (Å²) in [4.78, 5) is 28.9. The highest BCUT2D eigenvalue weighted by atomic mass is 35.5. The third kappa shape index (κ3) is 3.16. The van der Waals surface area contributed by atoms with Crippen LogP contribution < -0.4 is 15.0 Å². The number of rotatable bonds is 3. The van der Waals surface area contributed by atoms with Gasteiger partial charge in [0.25, 0.3) is 0 Å². The average molecular weight is 356 g/mol. The molecule has 0 radical (unpaired) electrons. The van der Waals surface area contributed by atoms with Crippen molar-refractivity contribution in [3.05, 3.63) is 53.7 Å². The molecule has 0 saturated carbocycles. The van der Waals surface area contributed by atoms with E-state index in [-0.39, 0.29) is 19.0 Å². The van der Waals surface area contributed by atoms with E-state index < -0.39 is 5.97 Å². The molecule has 1 amide bonds. The van der Waals surface area contributed by atoms with E-state index in [9.17, 15) is 9.59 Å². The van der Waals surface area contributed by atoms with Crippen LogP contribution in [0.15, 0.2) is 48.7 Å². The van der Waals surface area contributed by atoms with Crippen LogP contribution in [0.4, 0.5) is 11.4 Å². The summed E-state index contributed by atoms with van der Waals surface area (Å²) in [6, 6.07) is 12.5. The SMILES string of the molecule is O=C(CN1CC(=O)Oc2ccc(Cl)cc21)Nc1ccc2[nH]ccc2c1. The Morgan fingerprint density at radius 2 is 2.12 bits per heavy atom. The van der Waals surface area contributed by atoms with Gasteiger partial charge in [0, 0.05) is 27.8 Å². The molecule has 2 N–H and O–H groups in total. The molecule has 0 atom stereocenters. The predicted molar refractivity (Wildman–Crippen MR) is 96.2 cm³/mol. The van der Waals surface area contributed by atoms with Crippen molar-refractivity contribution in [3.63, 3.8) is 0 Å². The molecule has 2 heterocycles. The molecule has 0 fully saturated rings. The summed E-state index contributed by atoms with van der Waals surface area (Å²) in [5.41, 5.74) is 2.33. The number of benzene rings is 2. The lowest BCUT2D eigenvalue weighted by Crippen LogP contribution is -2.41. The summed E-state index contributed by atoms with van der Waals surface area (Å²) in [6.45, 7) is 0.0191. The number of aromatic amines is 1. The molecule has 0 spiro atoms. The van der Waals surface area contributed by atoms with E-state index in [0.717, 1.165) is 10.9 Å². The van der Waals surface area contributed by atoms with Gasteiger partial charge in [0.15, 0.2) is 5.75 Å². The first-order valence-electron chi connectivity index (χ1n) is 7.71. The Hall–Kier alpha value is -2.99. The lowest BCUT2D eigenvalue weighted by Gasteiger charge is -2.29. The molecule has 1 aliphatic rings. The first-order chi connectivity index (χ1) is 12.1. The molecule has 1 aliphatic heterocycles. The van der Waals surface area contributed by atoms with Gasteiger partial charge in [-0.1, -0.05) is 11.6 Å². The number of amides is 1. The lowest BCUT2D eigenvalue weighted by molar-refractivity contribution is -0.133. The van der Waals surface area contributed by atoms with E-state index in [1.807, 2.05) is 30.5 Å². The van der Waals surface area contributed by atoms with Crippen molar-refractivity contribution in [3.8, 4) is 5.75 Å². The zero-order valence-electron chi connectivity index (χ0n) is 13.1. The molecule has 0 unspecified atom stereocenters. The summed E-state index contributed by atoms with van der Waals surface area (Å²) in [5, 5.41) is 4.38. The monoisotopic (exact) mass is 355 g/mol. The van der Waals surface area contributed by atoms with Crippen LogP contribution in [0, 0.1) is 0 Å². The maximum atomic E-state index is 12.4. The van der Waals surface area contributed by atoms with Crippen LogP contribution >= 0.6 is 11.6 Å². The Bertz CT molecular complexity index is 983. The molecular weight excluding hydrogens is 342 g/mol. The molecule has 2 aromatic carbocycles. The second-order valence-corrected chi connectivity index (χ2v) is 6.21. The van der Waals surface area contributed by atoms with Crippen molar-refractivity contribution in [2.45, 2.75) is 0 Å². The van der Waals surface area contributed by atoms with Crippen molar-refractivity contribution < 1.29 is 14.3 Å². The van der Waals surface area contributed by atoms with Crippen molar-refractivity contribution in [1.29, 1.82) is 0 Å². The number of hydrogen-bond acceptors (Lipinski definition) is 4. The highest BCUT2D eigenvalue weighted by Crippen LogP contribution is 2.34. The van der Waals surface area contributed by atoms with Crippen LogP contribution in [0.25, 0.3) is 10.9 Å². The fraction of sp³-hybridized carbons (Fsp3) is 0.111. The Kier molecular flexibility index (Phi) is 3.82. The fourth-order valence-electron chi connectivity index (χ4n) is 2.87. The minimum Gasteiger partial charge on any atom is -0.423 e. The maximum Gasteiger partial charge on any atom is 0.331 e.